The number of anilines is 1. The molecule has 2 aliphatic rings. The minimum absolute atomic E-state index is 0.0415. The number of fused-ring (bicyclic) bond motifs is 1. The molecule has 2 saturated heterocycles. The number of hydrogen-bond acceptors (Lipinski definition) is 6. The molecule has 1 aromatic carbocycles. The van der Waals surface area contributed by atoms with Crippen LogP contribution in [0.3, 0.4) is 0 Å². The molecule has 0 N–H and O–H groups in total. The zero-order chi connectivity index (χ0) is 19.5. The zero-order valence-corrected chi connectivity index (χ0v) is 16.3. The summed E-state index contributed by atoms with van der Waals surface area (Å²) in [6, 6.07) is 8.39. The molecule has 1 amide bonds. The van der Waals surface area contributed by atoms with Crippen molar-refractivity contribution >= 4 is 29.0 Å². The number of hydrogen-bond donors (Lipinski definition) is 0. The number of rotatable bonds is 4. The summed E-state index contributed by atoms with van der Waals surface area (Å²) < 4.78 is 11.0. The molecule has 2 fully saturated rings. The summed E-state index contributed by atoms with van der Waals surface area (Å²) in [5.41, 5.74) is 1.65. The van der Waals surface area contributed by atoms with Gasteiger partial charge in [-0.2, -0.15) is 4.98 Å². The Labute approximate surface area is 164 Å². The highest BCUT2D eigenvalue weighted by atomic mass is 16.5. The molecule has 2 aromatic rings. The molecule has 28 heavy (non-hydrogen) atoms. The zero-order valence-electron chi connectivity index (χ0n) is 16.3. The third kappa shape index (κ3) is 3.84. The van der Waals surface area contributed by atoms with Crippen LogP contribution >= 0.6 is 0 Å². The first-order valence-corrected chi connectivity index (χ1v) is 10.2. The summed E-state index contributed by atoms with van der Waals surface area (Å²) in [7, 11) is 0. The second-order valence-corrected chi connectivity index (χ2v) is 7.58. The van der Waals surface area contributed by atoms with Gasteiger partial charge in [-0.1, -0.05) is 12.1 Å². The second kappa shape index (κ2) is 8.20. The number of oxazole rings is 1. The molecule has 7 nitrogen and oxygen atoms in total. The van der Waals surface area contributed by atoms with E-state index in [1.807, 2.05) is 36.1 Å². The van der Waals surface area contributed by atoms with E-state index in [9.17, 15) is 9.59 Å². The Balaban J connectivity index is 1.29. The summed E-state index contributed by atoms with van der Waals surface area (Å²) in [5.74, 6) is 0.0746. The van der Waals surface area contributed by atoms with Gasteiger partial charge >= 0.3 is 5.97 Å². The Morgan fingerprint density at radius 1 is 1.07 bits per heavy atom. The number of para-hydroxylation sites is 2. The predicted octanol–water partition coefficient (Wildman–Crippen LogP) is 2.85. The van der Waals surface area contributed by atoms with Crippen molar-refractivity contribution in [2.75, 3.05) is 37.7 Å². The number of carbonyl (C=O) groups is 2. The quantitative estimate of drug-likeness (QED) is 0.754. The Bertz CT molecular complexity index is 800. The smallest absolute Gasteiger partial charge is 0.309 e. The fourth-order valence-electron chi connectivity index (χ4n) is 4.17. The first kappa shape index (κ1) is 18.8. The summed E-state index contributed by atoms with van der Waals surface area (Å²) in [6.45, 7) is 5.06. The van der Waals surface area contributed by atoms with E-state index in [1.54, 1.807) is 0 Å². The standard InChI is InChI=1S/C21H27N3O4/c1-2-27-20(26)16-9-11-23(12-10-16)19(25)15-7-13-24(14-8-15)21-22-17-5-3-4-6-18(17)28-21/h3-6,15-16H,2,7-14H2,1H3. The molecule has 0 radical (unpaired) electrons. The Hall–Kier alpha value is -2.57. The minimum Gasteiger partial charge on any atom is -0.466 e. The molecule has 1 aromatic heterocycles. The van der Waals surface area contributed by atoms with Crippen molar-refractivity contribution in [1.82, 2.24) is 9.88 Å². The molecule has 7 heteroatoms. The first-order valence-electron chi connectivity index (χ1n) is 10.2. The van der Waals surface area contributed by atoms with Gasteiger partial charge in [0.1, 0.15) is 5.52 Å². The van der Waals surface area contributed by atoms with Crippen LogP contribution in [0.5, 0.6) is 0 Å². The van der Waals surface area contributed by atoms with E-state index in [2.05, 4.69) is 9.88 Å². The van der Waals surface area contributed by atoms with Crippen molar-refractivity contribution in [2.45, 2.75) is 32.6 Å². The minimum atomic E-state index is -0.124. The molecule has 0 atom stereocenters. The van der Waals surface area contributed by atoms with Crippen LogP contribution in [0.1, 0.15) is 32.6 Å². The van der Waals surface area contributed by atoms with Crippen molar-refractivity contribution in [1.29, 1.82) is 0 Å². The fraction of sp³-hybridized carbons (Fsp3) is 0.571. The molecule has 0 saturated carbocycles. The third-order valence-electron chi connectivity index (χ3n) is 5.82. The van der Waals surface area contributed by atoms with Gasteiger partial charge in [-0.05, 0) is 44.7 Å². The molecule has 2 aliphatic heterocycles. The summed E-state index contributed by atoms with van der Waals surface area (Å²) in [4.78, 5) is 33.4. The number of benzene rings is 1. The van der Waals surface area contributed by atoms with Gasteiger partial charge in [0.05, 0.1) is 12.5 Å². The van der Waals surface area contributed by atoms with Crippen molar-refractivity contribution in [3.63, 3.8) is 0 Å². The van der Waals surface area contributed by atoms with Crippen LogP contribution in [0.2, 0.25) is 0 Å². The van der Waals surface area contributed by atoms with E-state index < -0.39 is 0 Å². The van der Waals surface area contributed by atoms with E-state index in [-0.39, 0.29) is 23.7 Å². The van der Waals surface area contributed by atoms with E-state index in [0.717, 1.165) is 37.0 Å². The molecule has 3 heterocycles. The van der Waals surface area contributed by atoms with Gasteiger partial charge in [0.2, 0.25) is 5.91 Å². The van der Waals surface area contributed by atoms with Crippen molar-refractivity contribution in [3.8, 4) is 0 Å². The molecule has 0 unspecified atom stereocenters. The lowest BCUT2D eigenvalue weighted by atomic mass is 9.92. The summed E-state index contributed by atoms with van der Waals surface area (Å²) >= 11 is 0. The lowest BCUT2D eigenvalue weighted by Crippen LogP contribution is -2.46. The number of amides is 1. The number of carbonyl (C=O) groups excluding carboxylic acids is 2. The lowest BCUT2D eigenvalue weighted by Gasteiger charge is -2.36. The SMILES string of the molecule is CCOC(=O)C1CCN(C(=O)C2CCN(c3nc4ccccc4o3)CC2)CC1. The van der Waals surface area contributed by atoms with Crippen molar-refractivity contribution in [3.05, 3.63) is 24.3 Å². The van der Waals surface area contributed by atoms with Crippen LogP contribution in [0.15, 0.2) is 28.7 Å². The maximum atomic E-state index is 12.9. The Kier molecular flexibility index (Phi) is 5.50. The largest absolute Gasteiger partial charge is 0.466 e. The molecular formula is C21H27N3O4. The van der Waals surface area contributed by atoms with Gasteiger partial charge < -0.3 is 19.0 Å². The molecule has 4 rings (SSSR count). The van der Waals surface area contributed by atoms with Crippen LogP contribution < -0.4 is 4.90 Å². The van der Waals surface area contributed by atoms with Gasteiger partial charge in [0.25, 0.3) is 6.01 Å². The van der Waals surface area contributed by atoms with E-state index in [0.29, 0.717) is 38.6 Å². The third-order valence-corrected chi connectivity index (χ3v) is 5.82. The normalized spacial score (nSPS) is 19.2. The van der Waals surface area contributed by atoms with Crippen LogP contribution in [-0.2, 0) is 14.3 Å². The molecule has 0 spiro atoms. The molecular weight excluding hydrogens is 358 g/mol. The number of nitrogens with zero attached hydrogens (tertiary/aromatic N) is 3. The van der Waals surface area contributed by atoms with Gasteiger partial charge in [-0.25, -0.2) is 0 Å². The van der Waals surface area contributed by atoms with Crippen LogP contribution in [0.4, 0.5) is 6.01 Å². The molecule has 0 aliphatic carbocycles. The Morgan fingerprint density at radius 3 is 2.43 bits per heavy atom. The van der Waals surface area contributed by atoms with Gasteiger partial charge in [0, 0.05) is 32.1 Å². The average molecular weight is 385 g/mol. The highest BCUT2D eigenvalue weighted by Gasteiger charge is 2.33. The predicted molar refractivity (Wildman–Crippen MR) is 105 cm³/mol. The number of aromatic nitrogens is 1. The number of likely N-dealkylation sites (tertiary alicyclic amines) is 1. The fourth-order valence-corrected chi connectivity index (χ4v) is 4.17. The molecule has 150 valence electrons. The van der Waals surface area contributed by atoms with E-state index >= 15 is 0 Å². The summed E-state index contributed by atoms with van der Waals surface area (Å²) in [5, 5.41) is 0. The first-order chi connectivity index (χ1) is 13.7. The van der Waals surface area contributed by atoms with Crippen molar-refractivity contribution in [2.24, 2.45) is 11.8 Å². The topological polar surface area (TPSA) is 75.9 Å². The average Bonchev–Trinajstić information content (AvgIpc) is 3.18. The van der Waals surface area contributed by atoms with Crippen LogP contribution in [0.25, 0.3) is 11.1 Å². The Morgan fingerprint density at radius 2 is 1.75 bits per heavy atom. The van der Waals surface area contributed by atoms with Gasteiger partial charge in [0.15, 0.2) is 5.58 Å². The van der Waals surface area contributed by atoms with Crippen molar-refractivity contribution < 1.29 is 18.7 Å². The van der Waals surface area contributed by atoms with Gasteiger partial charge in [-0.15, -0.1) is 0 Å². The highest BCUT2D eigenvalue weighted by molar-refractivity contribution is 5.80. The van der Waals surface area contributed by atoms with Gasteiger partial charge in [-0.3, -0.25) is 9.59 Å². The maximum absolute atomic E-state index is 12.9. The number of esters is 1. The van der Waals surface area contributed by atoms with E-state index in [1.165, 1.54) is 0 Å². The summed E-state index contributed by atoms with van der Waals surface area (Å²) in [6.07, 6.45) is 3.00. The maximum Gasteiger partial charge on any atom is 0.309 e. The highest BCUT2D eigenvalue weighted by Crippen LogP contribution is 2.28. The number of ether oxygens (including phenoxy) is 1. The van der Waals surface area contributed by atoms with Crippen LogP contribution in [-0.4, -0.2) is 54.5 Å². The second-order valence-electron chi connectivity index (χ2n) is 7.58. The van der Waals surface area contributed by atoms with Crippen LogP contribution in [0, 0.1) is 11.8 Å². The van der Waals surface area contributed by atoms with E-state index in [4.69, 9.17) is 9.15 Å². The number of piperidine rings is 2. The molecule has 0 bridgehead atoms. The lowest BCUT2D eigenvalue weighted by molar-refractivity contribution is -0.151. The monoisotopic (exact) mass is 385 g/mol.